The zero-order valence-corrected chi connectivity index (χ0v) is 11.3. The first-order valence-electron chi connectivity index (χ1n) is 4.47. The first kappa shape index (κ1) is 10.9. The number of aromatic nitrogens is 1. The Balaban J connectivity index is 2.96. The Kier molecular flexibility index (Phi) is 2.98. The summed E-state index contributed by atoms with van der Waals surface area (Å²) < 4.78 is 2.68. The van der Waals surface area contributed by atoms with E-state index in [9.17, 15) is 4.79 Å². The normalized spacial score (nSPS) is 10.9. The van der Waals surface area contributed by atoms with E-state index in [0.717, 1.165) is 20.9 Å². The number of alkyl halides is 1. The highest BCUT2D eigenvalue weighted by Gasteiger charge is 2.05. The standard InChI is InChI=1S/C11H9Br2NO/c1-14-10-3-2-8(13)5-9(10)7(6-12)4-11(14)15/h2-5H,6H2,1H3. The topological polar surface area (TPSA) is 22.0 Å². The Labute approximate surface area is 104 Å². The van der Waals surface area contributed by atoms with Gasteiger partial charge in [0, 0.05) is 28.3 Å². The largest absolute Gasteiger partial charge is 0.311 e. The van der Waals surface area contributed by atoms with Crippen molar-refractivity contribution in [3.05, 3.63) is 44.7 Å². The monoisotopic (exact) mass is 329 g/mol. The highest BCUT2D eigenvalue weighted by Crippen LogP contribution is 2.22. The summed E-state index contributed by atoms with van der Waals surface area (Å²) in [6.07, 6.45) is 0. The molecule has 0 aliphatic heterocycles. The van der Waals surface area contributed by atoms with Crippen molar-refractivity contribution < 1.29 is 0 Å². The third-order valence-corrected chi connectivity index (χ3v) is 3.54. The molecule has 1 aromatic heterocycles. The molecule has 0 aliphatic rings. The average molecular weight is 331 g/mol. The van der Waals surface area contributed by atoms with Crippen molar-refractivity contribution in [2.45, 2.75) is 5.33 Å². The summed E-state index contributed by atoms with van der Waals surface area (Å²) >= 11 is 6.83. The summed E-state index contributed by atoms with van der Waals surface area (Å²) in [5.41, 5.74) is 2.01. The number of nitrogens with zero attached hydrogens (tertiary/aromatic N) is 1. The van der Waals surface area contributed by atoms with Crippen LogP contribution in [-0.2, 0) is 12.4 Å². The maximum absolute atomic E-state index is 11.6. The lowest BCUT2D eigenvalue weighted by molar-refractivity contribution is 0.902. The number of halogens is 2. The molecule has 2 nitrogen and oxygen atoms in total. The number of benzene rings is 1. The second-order valence-corrected chi connectivity index (χ2v) is 4.84. The Hall–Kier alpha value is -0.610. The van der Waals surface area contributed by atoms with Gasteiger partial charge in [0.05, 0.1) is 5.52 Å². The average Bonchev–Trinajstić information content (AvgIpc) is 2.23. The van der Waals surface area contributed by atoms with E-state index in [1.807, 2.05) is 18.2 Å². The molecule has 0 unspecified atom stereocenters. The molecule has 2 aromatic rings. The quantitative estimate of drug-likeness (QED) is 0.736. The van der Waals surface area contributed by atoms with Crippen LogP contribution in [0, 0.1) is 0 Å². The SMILES string of the molecule is Cn1c(=O)cc(CBr)c2cc(Br)ccc21. The van der Waals surface area contributed by atoms with Crippen molar-refractivity contribution >= 4 is 42.8 Å². The third kappa shape index (κ3) is 1.88. The van der Waals surface area contributed by atoms with Crippen LogP contribution in [0.5, 0.6) is 0 Å². The Bertz CT molecular complexity index is 575. The van der Waals surface area contributed by atoms with Gasteiger partial charge in [-0.3, -0.25) is 4.79 Å². The molecule has 0 aliphatic carbocycles. The second kappa shape index (κ2) is 4.10. The lowest BCUT2D eigenvalue weighted by Crippen LogP contribution is -2.16. The van der Waals surface area contributed by atoms with Gasteiger partial charge >= 0.3 is 0 Å². The minimum absolute atomic E-state index is 0.0271. The number of hydrogen-bond acceptors (Lipinski definition) is 1. The van der Waals surface area contributed by atoms with Gasteiger partial charge < -0.3 is 4.57 Å². The van der Waals surface area contributed by atoms with Crippen molar-refractivity contribution in [2.75, 3.05) is 0 Å². The molecule has 0 saturated carbocycles. The zero-order valence-electron chi connectivity index (χ0n) is 8.13. The van der Waals surface area contributed by atoms with Gasteiger partial charge in [-0.25, -0.2) is 0 Å². The maximum atomic E-state index is 11.6. The van der Waals surface area contributed by atoms with Crippen LogP contribution in [0.25, 0.3) is 10.9 Å². The van der Waals surface area contributed by atoms with E-state index >= 15 is 0 Å². The van der Waals surface area contributed by atoms with Crippen molar-refractivity contribution in [3.63, 3.8) is 0 Å². The molecule has 0 N–H and O–H groups in total. The van der Waals surface area contributed by atoms with Crippen LogP contribution in [0.2, 0.25) is 0 Å². The number of fused-ring (bicyclic) bond motifs is 1. The number of aryl methyl sites for hydroxylation is 1. The van der Waals surface area contributed by atoms with Crippen LogP contribution < -0.4 is 5.56 Å². The van der Waals surface area contributed by atoms with Crippen LogP contribution in [0.1, 0.15) is 5.56 Å². The van der Waals surface area contributed by atoms with Crippen molar-refractivity contribution in [3.8, 4) is 0 Å². The van der Waals surface area contributed by atoms with Gasteiger partial charge in [-0.1, -0.05) is 31.9 Å². The first-order valence-corrected chi connectivity index (χ1v) is 6.39. The predicted molar refractivity (Wildman–Crippen MR) is 69.5 cm³/mol. The molecule has 0 spiro atoms. The second-order valence-electron chi connectivity index (χ2n) is 3.36. The number of hydrogen-bond donors (Lipinski definition) is 0. The lowest BCUT2D eigenvalue weighted by Gasteiger charge is -2.08. The van der Waals surface area contributed by atoms with Crippen LogP contribution in [0.4, 0.5) is 0 Å². The van der Waals surface area contributed by atoms with Crippen LogP contribution in [-0.4, -0.2) is 4.57 Å². The third-order valence-electron chi connectivity index (χ3n) is 2.44. The molecule has 0 bridgehead atoms. The van der Waals surface area contributed by atoms with E-state index in [4.69, 9.17) is 0 Å². The van der Waals surface area contributed by atoms with Gasteiger partial charge in [0.1, 0.15) is 0 Å². The molecular formula is C11H9Br2NO. The van der Waals surface area contributed by atoms with Gasteiger partial charge in [0.2, 0.25) is 0 Å². The molecule has 0 radical (unpaired) electrons. The number of pyridine rings is 1. The summed E-state index contributed by atoms with van der Waals surface area (Å²) in [5, 5.41) is 1.79. The van der Waals surface area contributed by atoms with E-state index in [1.165, 1.54) is 0 Å². The molecule has 15 heavy (non-hydrogen) atoms. The molecular weight excluding hydrogens is 322 g/mol. The molecule has 0 atom stereocenters. The Morgan fingerprint density at radius 1 is 1.33 bits per heavy atom. The Morgan fingerprint density at radius 2 is 2.07 bits per heavy atom. The van der Waals surface area contributed by atoms with Crippen LogP contribution in [0.15, 0.2) is 33.5 Å². The molecule has 1 aromatic carbocycles. The molecule has 0 fully saturated rings. The van der Waals surface area contributed by atoms with Gasteiger partial charge in [-0.2, -0.15) is 0 Å². The van der Waals surface area contributed by atoms with E-state index in [0.29, 0.717) is 5.33 Å². The van der Waals surface area contributed by atoms with Crippen LogP contribution >= 0.6 is 31.9 Å². The molecule has 78 valence electrons. The fraction of sp³-hybridized carbons (Fsp3) is 0.182. The van der Waals surface area contributed by atoms with E-state index in [-0.39, 0.29) is 5.56 Å². The van der Waals surface area contributed by atoms with E-state index in [1.54, 1.807) is 17.7 Å². The summed E-state index contributed by atoms with van der Waals surface area (Å²) in [6.45, 7) is 0. The van der Waals surface area contributed by atoms with Crippen LogP contribution in [0.3, 0.4) is 0 Å². The molecule has 1 heterocycles. The van der Waals surface area contributed by atoms with Gasteiger partial charge in [-0.15, -0.1) is 0 Å². The fourth-order valence-electron chi connectivity index (χ4n) is 1.61. The van der Waals surface area contributed by atoms with Crippen molar-refractivity contribution in [1.29, 1.82) is 0 Å². The highest BCUT2D eigenvalue weighted by atomic mass is 79.9. The van der Waals surface area contributed by atoms with Gasteiger partial charge in [0.15, 0.2) is 0 Å². The summed E-state index contributed by atoms with van der Waals surface area (Å²) in [7, 11) is 1.79. The predicted octanol–water partition coefficient (Wildman–Crippen LogP) is 3.20. The smallest absolute Gasteiger partial charge is 0.251 e. The lowest BCUT2D eigenvalue weighted by atomic mass is 10.1. The summed E-state index contributed by atoms with van der Waals surface area (Å²) in [6, 6.07) is 7.60. The molecule has 0 saturated heterocycles. The van der Waals surface area contributed by atoms with E-state index in [2.05, 4.69) is 31.9 Å². The maximum Gasteiger partial charge on any atom is 0.251 e. The highest BCUT2D eigenvalue weighted by molar-refractivity contribution is 9.10. The van der Waals surface area contributed by atoms with Crippen molar-refractivity contribution in [1.82, 2.24) is 4.57 Å². The van der Waals surface area contributed by atoms with Crippen molar-refractivity contribution in [2.24, 2.45) is 7.05 Å². The molecule has 4 heteroatoms. The van der Waals surface area contributed by atoms with E-state index < -0.39 is 0 Å². The van der Waals surface area contributed by atoms with Gasteiger partial charge in [0.25, 0.3) is 5.56 Å². The van der Waals surface area contributed by atoms with Gasteiger partial charge in [-0.05, 0) is 23.8 Å². The summed E-state index contributed by atoms with van der Waals surface area (Å²) in [4.78, 5) is 11.6. The Morgan fingerprint density at radius 3 is 2.73 bits per heavy atom. The molecule has 2 rings (SSSR count). The first-order chi connectivity index (χ1) is 7.13. The minimum atomic E-state index is 0.0271. The fourth-order valence-corrected chi connectivity index (χ4v) is 2.44. The molecule has 0 amide bonds. The minimum Gasteiger partial charge on any atom is -0.311 e. The number of rotatable bonds is 1. The zero-order chi connectivity index (χ0) is 11.0. The summed E-state index contributed by atoms with van der Waals surface area (Å²) in [5.74, 6) is 0.